The van der Waals surface area contributed by atoms with Gasteiger partial charge in [0, 0.05) is 11.7 Å². The van der Waals surface area contributed by atoms with Gasteiger partial charge in [-0.1, -0.05) is 6.07 Å². The molecule has 0 amide bonds. The predicted molar refractivity (Wildman–Crippen MR) is 66.3 cm³/mol. The maximum atomic E-state index is 12.0. The molecule has 4 heteroatoms. The van der Waals surface area contributed by atoms with Gasteiger partial charge in [0.25, 0.3) is 0 Å². The molecule has 1 aromatic rings. The molecule has 1 fully saturated rings. The molecule has 3 nitrogen and oxygen atoms in total. The monoisotopic (exact) mass is 282 g/mol. The molecule has 1 aliphatic heterocycles. The Balaban J connectivity index is 1.97. The standard InChI is InChI=1S/C12H15BrN2O/c1-8-5-6-10(14-8)11(16)7-9-3-2-4-12(13)15-9/h2-4,8,10,14H,5-7H2,1H3/t8-,10-/m0/s1. The van der Waals surface area contributed by atoms with Crippen LogP contribution in [0.15, 0.2) is 22.8 Å². The largest absolute Gasteiger partial charge is 0.305 e. The van der Waals surface area contributed by atoms with Gasteiger partial charge in [0.2, 0.25) is 0 Å². The Morgan fingerprint density at radius 3 is 3.00 bits per heavy atom. The molecular weight excluding hydrogens is 268 g/mol. The second kappa shape index (κ2) is 5.06. The molecule has 0 spiro atoms. The highest BCUT2D eigenvalue weighted by molar-refractivity contribution is 9.10. The van der Waals surface area contributed by atoms with Gasteiger partial charge in [0.1, 0.15) is 4.60 Å². The van der Waals surface area contributed by atoms with Crippen LogP contribution < -0.4 is 5.32 Å². The Bertz CT molecular complexity index is 394. The van der Waals surface area contributed by atoms with Crippen molar-refractivity contribution in [3.8, 4) is 0 Å². The molecule has 1 N–H and O–H groups in total. The van der Waals surface area contributed by atoms with Crippen LogP contribution in [0.2, 0.25) is 0 Å². The number of nitrogens with one attached hydrogen (secondary N) is 1. The molecule has 1 saturated heterocycles. The van der Waals surface area contributed by atoms with E-state index in [1.165, 1.54) is 0 Å². The summed E-state index contributed by atoms with van der Waals surface area (Å²) in [6, 6.07) is 6.15. The van der Waals surface area contributed by atoms with Crippen molar-refractivity contribution in [2.24, 2.45) is 0 Å². The van der Waals surface area contributed by atoms with Crippen molar-refractivity contribution in [2.45, 2.75) is 38.3 Å². The van der Waals surface area contributed by atoms with Gasteiger partial charge in [-0.25, -0.2) is 4.98 Å². The van der Waals surface area contributed by atoms with Crippen LogP contribution in [0.1, 0.15) is 25.5 Å². The number of halogens is 1. The van der Waals surface area contributed by atoms with Crippen molar-refractivity contribution in [2.75, 3.05) is 0 Å². The van der Waals surface area contributed by atoms with Crippen molar-refractivity contribution in [1.82, 2.24) is 10.3 Å². The fourth-order valence-electron chi connectivity index (χ4n) is 2.03. The van der Waals surface area contributed by atoms with E-state index < -0.39 is 0 Å². The van der Waals surface area contributed by atoms with E-state index in [4.69, 9.17) is 0 Å². The zero-order valence-corrected chi connectivity index (χ0v) is 10.8. The molecular formula is C12H15BrN2O. The van der Waals surface area contributed by atoms with E-state index >= 15 is 0 Å². The highest BCUT2D eigenvalue weighted by atomic mass is 79.9. The number of Topliss-reactive ketones (excluding diaryl/α,β-unsaturated/α-hetero) is 1. The molecule has 0 saturated carbocycles. The molecule has 0 aliphatic carbocycles. The Labute approximate surface area is 104 Å². The third-order valence-corrected chi connectivity index (χ3v) is 3.33. The third-order valence-electron chi connectivity index (χ3n) is 2.89. The molecule has 0 radical (unpaired) electrons. The van der Waals surface area contributed by atoms with Crippen molar-refractivity contribution in [3.63, 3.8) is 0 Å². The second-order valence-corrected chi connectivity index (χ2v) is 5.10. The number of pyridine rings is 1. The summed E-state index contributed by atoms with van der Waals surface area (Å²) in [4.78, 5) is 16.2. The molecule has 2 heterocycles. The maximum absolute atomic E-state index is 12.0. The molecule has 0 aromatic carbocycles. The predicted octanol–water partition coefficient (Wildman–Crippen LogP) is 2.10. The van der Waals surface area contributed by atoms with Gasteiger partial charge in [-0.2, -0.15) is 0 Å². The lowest BCUT2D eigenvalue weighted by atomic mass is 10.1. The summed E-state index contributed by atoms with van der Waals surface area (Å²) in [5.74, 6) is 0.245. The van der Waals surface area contributed by atoms with Gasteiger partial charge < -0.3 is 5.32 Å². The van der Waals surface area contributed by atoms with E-state index in [9.17, 15) is 4.79 Å². The van der Waals surface area contributed by atoms with Gasteiger partial charge in [-0.3, -0.25) is 4.79 Å². The summed E-state index contributed by atoms with van der Waals surface area (Å²) in [5, 5.41) is 3.30. The average molecular weight is 283 g/mol. The quantitative estimate of drug-likeness (QED) is 0.864. The van der Waals surface area contributed by atoms with Gasteiger partial charge in [-0.05, 0) is 47.8 Å². The minimum Gasteiger partial charge on any atom is -0.305 e. The van der Waals surface area contributed by atoms with Crippen LogP contribution in [0, 0.1) is 0 Å². The fraction of sp³-hybridized carbons (Fsp3) is 0.500. The van der Waals surface area contributed by atoms with E-state index in [1.807, 2.05) is 18.2 Å². The number of nitrogens with zero attached hydrogens (tertiary/aromatic N) is 1. The minimum absolute atomic E-state index is 0.0239. The number of hydrogen-bond donors (Lipinski definition) is 1. The summed E-state index contributed by atoms with van der Waals surface area (Å²) in [6.45, 7) is 2.12. The van der Waals surface area contributed by atoms with E-state index in [0.717, 1.165) is 23.1 Å². The lowest BCUT2D eigenvalue weighted by Gasteiger charge is -2.10. The second-order valence-electron chi connectivity index (χ2n) is 4.29. The van der Waals surface area contributed by atoms with Crippen LogP contribution in [0.3, 0.4) is 0 Å². The zero-order valence-electron chi connectivity index (χ0n) is 9.24. The number of rotatable bonds is 3. The van der Waals surface area contributed by atoms with Gasteiger partial charge in [-0.15, -0.1) is 0 Å². The first-order valence-electron chi connectivity index (χ1n) is 5.55. The normalized spacial score (nSPS) is 24.6. The minimum atomic E-state index is 0.0239. The highest BCUT2D eigenvalue weighted by Gasteiger charge is 2.26. The SMILES string of the molecule is C[C@H]1CC[C@@H](C(=O)Cc2cccc(Br)n2)N1. The fourth-order valence-corrected chi connectivity index (χ4v) is 2.41. The molecule has 0 unspecified atom stereocenters. The van der Waals surface area contributed by atoms with Gasteiger partial charge in [0.05, 0.1) is 12.5 Å². The van der Waals surface area contributed by atoms with Gasteiger partial charge >= 0.3 is 0 Å². The number of aromatic nitrogens is 1. The van der Waals surface area contributed by atoms with E-state index in [0.29, 0.717) is 12.5 Å². The number of carbonyl (C=O) groups excluding carboxylic acids is 1. The third kappa shape index (κ3) is 2.89. The average Bonchev–Trinajstić information content (AvgIpc) is 2.65. The summed E-state index contributed by atoms with van der Waals surface area (Å²) in [5.41, 5.74) is 0.834. The molecule has 1 aromatic heterocycles. The zero-order chi connectivity index (χ0) is 11.5. The van der Waals surface area contributed by atoms with Crippen molar-refractivity contribution >= 4 is 21.7 Å². The lowest BCUT2D eigenvalue weighted by molar-refractivity contribution is -0.120. The molecule has 2 atom stereocenters. The van der Waals surface area contributed by atoms with Crippen LogP contribution in [0.5, 0.6) is 0 Å². The van der Waals surface area contributed by atoms with Crippen molar-refractivity contribution in [1.29, 1.82) is 0 Å². The Hall–Kier alpha value is -0.740. The molecule has 1 aliphatic rings. The first-order chi connectivity index (χ1) is 7.65. The Morgan fingerprint density at radius 2 is 2.38 bits per heavy atom. The summed E-state index contributed by atoms with van der Waals surface area (Å²) in [6.07, 6.45) is 2.46. The smallest absolute Gasteiger partial charge is 0.155 e. The Kier molecular flexibility index (Phi) is 3.71. The first-order valence-corrected chi connectivity index (χ1v) is 6.34. The van der Waals surface area contributed by atoms with Crippen LogP contribution in [0.25, 0.3) is 0 Å². The molecule has 86 valence electrons. The van der Waals surface area contributed by atoms with Crippen LogP contribution in [0.4, 0.5) is 0 Å². The number of carbonyl (C=O) groups is 1. The highest BCUT2D eigenvalue weighted by Crippen LogP contribution is 2.14. The molecule has 0 bridgehead atoms. The number of hydrogen-bond acceptors (Lipinski definition) is 3. The van der Waals surface area contributed by atoms with Gasteiger partial charge in [0.15, 0.2) is 5.78 Å². The van der Waals surface area contributed by atoms with E-state index in [2.05, 4.69) is 33.2 Å². The maximum Gasteiger partial charge on any atom is 0.155 e. The number of ketones is 1. The Morgan fingerprint density at radius 1 is 1.56 bits per heavy atom. The lowest BCUT2D eigenvalue weighted by Crippen LogP contribution is -2.35. The van der Waals surface area contributed by atoms with Crippen LogP contribution in [-0.4, -0.2) is 22.9 Å². The molecule has 2 rings (SSSR count). The summed E-state index contributed by atoms with van der Waals surface area (Å²) >= 11 is 3.31. The topological polar surface area (TPSA) is 42.0 Å². The van der Waals surface area contributed by atoms with Crippen LogP contribution in [-0.2, 0) is 11.2 Å². The summed E-state index contributed by atoms with van der Waals surface area (Å²) < 4.78 is 0.783. The van der Waals surface area contributed by atoms with E-state index in [-0.39, 0.29) is 11.8 Å². The van der Waals surface area contributed by atoms with Crippen LogP contribution >= 0.6 is 15.9 Å². The first kappa shape index (κ1) is 11.7. The van der Waals surface area contributed by atoms with Crippen molar-refractivity contribution in [3.05, 3.63) is 28.5 Å². The van der Waals surface area contributed by atoms with Crippen molar-refractivity contribution < 1.29 is 4.79 Å². The van der Waals surface area contributed by atoms with E-state index in [1.54, 1.807) is 0 Å². The molecule has 16 heavy (non-hydrogen) atoms. The summed E-state index contributed by atoms with van der Waals surface area (Å²) in [7, 11) is 0.